The third-order valence-corrected chi connectivity index (χ3v) is 4.94. The minimum Gasteiger partial charge on any atom is -0.342 e. The Balaban J connectivity index is 1.67. The highest BCUT2D eigenvalue weighted by Gasteiger charge is 2.42. The van der Waals surface area contributed by atoms with Gasteiger partial charge in [-0.05, 0) is 11.6 Å². The molecule has 4 aromatic rings. The second-order valence-corrected chi connectivity index (χ2v) is 7.09. The zero-order chi connectivity index (χ0) is 23.8. The lowest BCUT2D eigenvalue weighted by Crippen LogP contribution is -2.16. The largest absolute Gasteiger partial charge is 0.422 e. The first-order chi connectivity index (χ1) is 15.7. The molecule has 33 heavy (non-hydrogen) atoms. The van der Waals surface area contributed by atoms with Gasteiger partial charge in [-0.2, -0.15) is 18.3 Å². The van der Waals surface area contributed by atoms with Crippen molar-refractivity contribution in [2.75, 3.05) is 5.43 Å². The van der Waals surface area contributed by atoms with Gasteiger partial charge in [0.05, 0.1) is 6.21 Å². The number of para-hydroxylation sites is 1. The van der Waals surface area contributed by atoms with E-state index in [2.05, 4.69) is 5.10 Å². The van der Waals surface area contributed by atoms with E-state index < -0.39 is 40.7 Å². The van der Waals surface area contributed by atoms with Crippen LogP contribution in [0.1, 0.15) is 16.7 Å². The molecule has 0 aliphatic carbocycles. The third kappa shape index (κ3) is 4.28. The van der Waals surface area contributed by atoms with Crippen LogP contribution in [0.3, 0.4) is 0 Å². The molecular weight excluding hydrogens is 451 g/mol. The highest BCUT2D eigenvalue weighted by atomic mass is 19.4. The van der Waals surface area contributed by atoms with Crippen LogP contribution in [0.2, 0.25) is 0 Å². The number of benzene rings is 3. The van der Waals surface area contributed by atoms with Gasteiger partial charge in [-0.1, -0.05) is 48.5 Å². The van der Waals surface area contributed by atoms with E-state index in [0.29, 0.717) is 12.1 Å². The van der Waals surface area contributed by atoms with E-state index in [1.165, 1.54) is 0 Å². The number of alkyl halides is 3. The summed E-state index contributed by atoms with van der Waals surface area (Å²) in [5, 5.41) is 4.32. The van der Waals surface area contributed by atoms with Crippen molar-refractivity contribution in [1.82, 2.24) is 4.57 Å². The van der Waals surface area contributed by atoms with Crippen LogP contribution in [0.4, 0.5) is 36.4 Å². The van der Waals surface area contributed by atoms with Crippen LogP contribution in [-0.4, -0.2) is 10.8 Å². The fraction of sp³-hybridized carbons (Fsp3) is 0.0870. The molecule has 0 aliphatic heterocycles. The van der Waals surface area contributed by atoms with Crippen molar-refractivity contribution < 1.29 is 30.7 Å². The molecule has 0 fully saturated rings. The summed E-state index contributed by atoms with van der Waals surface area (Å²) in [6.07, 6.45) is -2.75. The molecule has 1 N–H and O–H groups in total. The Morgan fingerprint density at radius 3 is 2.06 bits per heavy atom. The van der Waals surface area contributed by atoms with Gasteiger partial charge in [0.25, 0.3) is 0 Å². The number of nitrogens with zero attached hydrogens (tertiary/aromatic N) is 2. The summed E-state index contributed by atoms with van der Waals surface area (Å²) in [5.74, 6) is -9.58. The number of rotatable bonds is 5. The Labute approximate surface area is 182 Å². The number of halogens is 7. The van der Waals surface area contributed by atoms with Crippen molar-refractivity contribution in [1.29, 1.82) is 0 Å². The van der Waals surface area contributed by atoms with Crippen molar-refractivity contribution in [3.8, 4) is 0 Å². The van der Waals surface area contributed by atoms with Gasteiger partial charge >= 0.3 is 6.18 Å². The molecule has 3 aromatic carbocycles. The van der Waals surface area contributed by atoms with E-state index in [1.54, 1.807) is 23.8 Å². The highest BCUT2D eigenvalue weighted by Crippen LogP contribution is 2.38. The Bertz CT molecular complexity index is 1310. The van der Waals surface area contributed by atoms with Crippen LogP contribution in [-0.2, 0) is 12.7 Å². The molecular formula is C23H14F7N3. The maximum absolute atomic E-state index is 14.0. The fourth-order valence-electron chi connectivity index (χ4n) is 3.43. The molecule has 0 saturated heterocycles. The van der Waals surface area contributed by atoms with E-state index in [1.807, 2.05) is 47.0 Å². The molecule has 0 radical (unpaired) electrons. The molecule has 0 unspecified atom stereocenters. The van der Waals surface area contributed by atoms with E-state index in [0.717, 1.165) is 22.7 Å². The number of aromatic nitrogens is 1. The van der Waals surface area contributed by atoms with Gasteiger partial charge in [-0.3, -0.25) is 5.43 Å². The molecule has 0 atom stereocenters. The first kappa shape index (κ1) is 22.4. The van der Waals surface area contributed by atoms with Crippen LogP contribution < -0.4 is 5.43 Å². The molecule has 1 aromatic heterocycles. The smallest absolute Gasteiger partial charge is 0.342 e. The molecule has 0 saturated carbocycles. The standard InChI is InChI=1S/C23H14F7N3/c24-18-17(23(28,29)30)19(25)21(27)22(20(18)26)32-31-10-14-12-33(11-13-6-2-1-3-7-13)16-9-5-4-8-15(14)16/h1-10,12,32H,11H2/b31-10+. The van der Waals surface area contributed by atoms with Gasteiger partial charge in [0.1, 0.15) is 11.3 Å². The molecule has 0 spiro atoms. The average molecular weight is 465 g/mol. The van der Waals surface area contributed by atoms with E-state index in [-0.39, 0.29) is 0 Å². The van der Waals surface area contributed by atoms with Crippen LogP contribution in [0, 0.1) is 23.3 Å². The van der Waals surface area contributed by atoms with Gasteiger partial charge in [-0.25, -0.2) is 17.6 Å². The van der Waals surface area contributed by atoms with Crippen LogP contribution in [0.15, 0.2) is 65.9 Å². The average Bonchev–Trinajstić information content (AvgIpc) is 3.12. The maximum Gasteiger partial charge on any atom is 0.422 e. The van der Waals surface area contributed by atoms with Gasteiger partial charge in [0.15, 0.2) is 23.3 Å². The maximum atomic E-state index is 14.0. The Hall–Kier alpha value is -3.82. The fourth-order valence-corrected chi connectivity index (χ4v) is 3.43. The summed E-state index contributed by atoms with van der Waals surface area (Å²) in [7, 11) is 0. The van der Waals surface area contributed by atoms with Crippen molar-refractivity contribution in [2.24, 2.45) is 5.10 Å². The lowest BCUT2D eigenvalue weighted by atomic mass is 10.1. The zero-order valence-corrected chi connectivity index (χ0v) is 16.6. The summed E-state index contributed by atoms with van der Waals surface area (Å²) in [6.45, 7) is 0.515. The molecule has 170 valence electrons. The van der Waals surface area contributed by atoms with E-state index in [4.69, 9.17) is 0 Å². The van der Waals surface area contributed by atoms with Crippen molar-refractivity contribution in [2.45, 2.75) is 12.7 Å². The van der Waals surface area contributed by atoms with Crippen LogP contribution >= 0.6 is 0 Å². The predicted octanol–water partition coefficient (Wildman–Crippen LogP) is 6.71. The molecule has 3 nitrogen and oxygen atoms in total. The number of fused-ring (bicyclic) bond motifs is 1. The second kappa shape index (κ2) is 8.61. The second-order valence-electron chi connectivity index (χ2n) is 7.09. The van der Waals surface area contributed by atoms with E-state index in [9.17, 15) is 30.7 Å². The third-order valence-electron chi connectivity index (χ3n) is 4.94. The molecule has 0 bridgehead atoms. The quantitative estimate of drug-likeness (QED) is 0.151. The summed E-state index contributed by atoms with van der Waals surface area (Å²) in [4.78, 5) is 0. The number of nitrogens with one attached hydrogen (secondary N) is 1. The Morgan fingerprint density at radius 1 is 0.818 bits per heavy atom. The first-order valence-corrected chi connectivity index (χ1v) is 9.52. The minimum atomic E-state index is -5.61. The molecule has 0 amide bonds. The van der Waals surface area contributed by atoms with Crippen molar-refractivity contribution >= 4 is 22.8 Å². The minimum absolute atomic E-state index is 0.503. The summed E-state index contributed by atoms with van der Waals surface area (Å²) >= 11 is 0. The number of hydrogen-bond acceptors (Lipinski definition) is 2. The molecule has 0 aliphatic rings. The number of anilines is 1. The Kier molecular flexibility index (Phi) is 5.84. The highest BCUT2D eigenvalue weighted by molar-refractivity contribution is 5.99. The van der Waals surface area contributed by atoms with Crippen LogP contribution in [0.25, 0.3) is 10.9 Å². The monoisotopic (exact) mass is 465 g/mol. The zero-order valence-electron chi connectivity index (χ0n) is 16.6. The van der Waals surface area contributed by atoms with Crippen molar-refractivity contribution in [3.05, 3.63) is 101 Å². The first-order valence-electron chi connectivity index (χ1n) is 9.52. The normalized spacial score (nSPS) is 12.1. The molecule has 4 rings (SSSR count). The van der Waals surface area contributed by atoms with Gasteiger partial charge in [-0.15, -0.1) is 0 Å². The topological polar surface area (TPSA) is 29.3 Å². The lowest BCUT2D eigenvalue weighted by Gasteiger charge is -2.13. The van der Waals surface area contributed by atoms with Crippen LogP contribution in [0.5, 0.6) is 0 Å². The SMILES string of the molecule is Fc1c(F)c(C(F)(F)F)c(F)c(F)c1N/N=C/c1cn(Cc2ccccc2)c2ccccc12. The summed E-state index contributed by atoms with van der Waals surface area (Å²) < 4.78 is 95.7. The predicted molar refractivity (Wildman–Crippen MR) is 110 cm³/mol. The molecule has 1 heterocycles. The van der Waals surface area contributed by atoms with E-state index >= 15 is 0 Å². The van der Waals surface area contributed by atoms with Gasteiger partial charge < -0.3 is 4.57 Å². The lowest BCUT2D eigenvalue weighted by molar-refractivity contribution is -0.143. The summed E-state index contributed by atoms with van der Waals surface area (Å²) in [6, 6.07) is 16.7. The molecule has 10 heteroatoms. The number of hydrazone groups is 1. The van der Waals surface area contributed by atoms with Crippen molar-refractivity contribution in [3.63, 3.8) is 0 Å². The number of hydrogen-bond donors (Lipinski definition) is 1. The summed E-state index contributed by atoms with van der Waals surface area (Å²) in [5.41, 5.74) is 0.00569. The van der Waals surface area contributed by atoms with Gasteiger partial charge in [0, 0.05) is 29.2 Å². The van der Waals surface area contributed by atoms with Gasteiger partial charge in [0.2, 0.25) is 0 Å². The Morgan fingerprint density at radius 2 is 1.42 bits per heavy atom.